The summed E-state index contributed by atoms with van der Waals surface area (Å²) in [6, 6.07) is 5.74. The Bertz CT molecular complexity index is 220. The molecule has 0 atom stereocenters. The van der Waals surface area contributed by atoms with Crippen molar-refractivity contribution in [1.29, 1.82) is 0 Å². The first-order valence-corrected chi connectivity index (χ1v) is 3.48. The summed E-state index contributed by atoms with van der Waals surface area (Å²) in [4.78, 5) is 0.844. The lowest BCUT2D eigenvalue weighted by Crippen LogP contribution is -1.72. The maximum atomic E-state index is 5.70. The third-order valence-electron chi connectivity index (χ3n) is 1.10. The van der Waals surface area contributed by atoms with E-state index in [1.807, 2.05) is 25.1 Å². The highest BCUT2D eigenvalue weighted by atomic mass is 35.5. The van der Waals surface area contributed by atoms with Crippen molar-refractivity contribution in [3.8, 4) is 0 Å². The predicted octanol–water partition coefficient (Wildman–Crippen LogP) is 2.94. The molecule has 48 valence electrons. The number of thiol groups is 1. The van der Waals surface area contributed by atoms with E-state index < -0.39 is 0 Å². The van der Waals surface area contributed by atoms with Gasteiger partial charge in [-0.25, -0.2) is 0 Å². The van der Waals surface area contributed by atoms with Gasteiger partial charge in [0.15, 0.2) is 0 Å². The summed E-state index contributed by atoms with van der Waals surface area (Å²) >= 11 is 9.84. The molecule has 0 radical (unpaired) electrons. The van der Waals surface area contributed by atoms with E-state index >= 15 is 0 Å². The van der Waals surface area contributed by atoms with Crippen molar-refractivity contribution in [1.82, 2.24) is 0 Å². The van der Waals surface area contributed by atoms with Crippen LogP contribution in [0.3, 0.4) is 0 Å². The standard InChI is InChI=1S/C7H7ClS/c1-5-2-3-6(8)7(9)4-5/h2-4,9H,1H3. The molecule has 1 aromatic carbocycles. The Morgan fingerprint density at radius 2 is 2.11 bits per heavy atom. The van der Waals surface area contributed by atoms with Crippen LogP contribution in [0.1, 0.15) is 5.56 Å². The molecule has 0 aliphatic carbocycles. The van der Waals surface area contributed by atoms with Gasteiger partial charge in [-0.2, -0.15) is 0 Å². The third-order valence-corrected chi connectivity index (χ3v) is 1.93. The van der Waals surface area contributed by atoms with Gasteiger partial charge in [-0.05, 0) is 24.6 Å². The molecule has 0 N–H and O–H groups in total. The van der Waals surface area contributed by atoms with Crippen LogP contribution in [0.4, 0.5) is 0 Å². The van der Waals surface area contributed by atoms with Crippen LogP contribution in [0.15, 0.2) is 23.1 Å². The van der Waals surface area contributed by atoms with Gasteiger partial charge in [0.05, 0.1) is 5.02 Å². The molecule has 0 saturated heterocycles. The molecular formula is C7H7ClS. The van der Waals surface area contributed by atoms with Crippen molar-refractivity contribution in [3.05, 3.63) is 28.8 Å². The summed E-state index contributed by atoms with van der Waals surface area (Å²) in [5.41, 5.74) is 1.18. The average molecular weight is 159 g/mol. The van der Waals surface area contributed by atoms with E-state index in [9.17, 15) is 0 Å². The predicted molar refractivity (Wildman–Crippen MR) is 43.4 cm³/mol. The first-order valence-electron chi connectivity index (χ1n) is 2.65. The van der Waals surface area contributed by atoms with Crippen LogP contribution < -0.4 is 0 Å². The van der Waals surface area contributed by atoms with Gasteiger partial charge >= 0.3 is 0 Å². The summed E-state index contributed by atoms with van der Waals surface area (Å²) in [5.74, 6) is 0. The van der Waals surface area contributed by atoms with Gasteiger partial charge in [0.25, 0.3) is 0 Å². The van der Waals surface area contributed by atoms with Crippen molar-refractivity contribution < 1.29 is 0 Å². The molecule has 0 aromatic heterocycles. The normalized spacial score (nSPS) is 9.67. The van der Waals surface area contributed by atoms with E-state index in [2.05, 4.69) is 12.6 Å². The minimum atomic E-state index is 0.712. The topological polar surface area (TPSA) is 0 Å². The Morgan fingerprint density at radius 1 is 1.44 bits per heavy atom. The number of hydrogen-bond donors (Lipinski definition) is 1. The van der Waals surface area contributed by atoms with Crippen LogP contribution in [-0.2, 0) is 0 Å². The van der Waals surface area contributed by atoms with Crippen LogP contribution in [0.2, 0.25) is 5.02 Å². The van der Waals surface area contributed by atoms with E-state index in [-0.39, 0.29) is 0 Å². The highest BCUT2D eigenvalue weighted by Gasteiger charge is 1.92. The molecule has 0 saturated carbocycles. The van der Waals surface area contributed by atoms with E-state index in [0.717, 1.165) is 4.90 Å². The zero-order chi connectivity index (χ0) is 6.85. The van der Waals surface area contributed by atoms with Gasteiger partial charge in [0, 0.05) is 4.90 Å². The minimum absolute atomic E-state index is 0.712. The van der Waals surface area contributed by atoms with Crippen LogP contribution in [0, 0.1) is 6.92 Å². The zero-order valence-electron chi connectivity index (χ0n) is 5.06. The van der Waals surface area contributed by atoms with E-state index in [1.54, 1.807) is 0 Å². The second kappa shape index (κ2) is 2.63. The fourth-order valence-electron chi connectivity index (χ4n) is 0.623. The van der Waals surface area contributed by atoms with Crippen LogP contribution in [0.5, 0.6) is 0 Å². The van der Waals surface area contributed by atoms with Gasteiger partial charge in [0.2, 0.25) is 0 Å². The molecule has 0 nitrogen and oxygen atoms in total. The lowest BCUT2D eigenvalue weighted by molar-refractivity contribution is 1.37. The Labute approximate surface area is 65.3 Å². The summed E-state index contributed by atoms with van der Waals surface area (Å²) < 4.78 is 0. The monoisotopic (exact) mass is 158 g/mol. The van der Waals surface area contributed by atoms with Crippen LogP contribution >= 0.6 is 24.2 Å². The van der Waals surface area contributed by atoms with Crippen LogP contribution in [-0.4, -0.2) is 0 Å². The van der Waals surface area contributed by atoms with E-state index in [1.165, 1.54) is 5.56 Å². The Hall–Kier alpha value is -0.140. The molecule has 0 fully saturated rings. The fraction of sp³-hybridized carbons (Fsp3) is 0.143. The quantitative estimate of drug-likeness (QED) is 0.552. The Morgan fingerprint density at radius 3 is 2.56 bits per heavy atom. The number of aryl methyl sites for hydroxylation is 1. The molecule has 0 heterocycles. The lowest BCUT2D eigenvalue weighted by Gasteiger charge is -1.95. The molecule has 1 rings (SSSR count). The zero-order valence-corrected chi connectivity index (χ0v) is 6.71. The molecule has 9 heavy (non-hydrogen) atoms. The van der Waals surface area contributed by atoms with Crippen molar-refractivity contribution in [2.45, 2.75) is 11.8 Å². The first-order chi connectivity index (χ1) is 4.20. The fourth-order valence-corrected chi connectivity index (χ4v) is 1.02. The largest absolute Gasteiger partial charge is 0.142 e. The second-order valence-corrected chi connectivity index (χ2v) is 2.84. The van der Waals surface area contributed by atoms with E-state index in [0.29, 0.717) is 5.02 Å². The highest BCUT2D eigenvalue weighted by Crippen LogP contribution is 2.19. The number of hydrogen-bond acceptors (Lipinski definition) is 1. The van der Waals surface area contributed by atoms with Crippen molar-refractivity contribution in [2.75, 3.05) is 0 Å². The minimum Gasteiger partial charge on any atom is -0.142 e. The molecule has 2 heteroatoms. The average Bonchev–Trinajstić information content (AvgIpc) is 1.80. The number of benzene rings is 1. The first kappa shape index (κ1) is 6.97. The highest BCUT2D eigenvalue weighted by molar-refractivity contribution is 7.80. The van der Waals surface area contributed by atoms with Gasteiger partial charge in [0.1, 0.15) is 0 Å². The van der Waals surface area contributed by atoms with Gasteiger partial charge in [-0.3, -0.25) is 0 Å². The molecule has 0 unspecified atom stereocenters. The molecule has 0 spiro atoms. The maximum Gasteiger partial charge on any atom is 0.0539 e. The van der Waals surface area contributed by atoms with Crippen molar-refractivity contribution in [2.24, 2.45) is 0 Å². The van der Waals surface area contributed by atoms with Crippen LogP contribution in [0.25, 0.3) is 0 Å². The van der Waals surface area contributed by atoms with Gasteiger partial charge < -0.3 is 0 Å². The second-order valence-electron chi connectivity index (χ2n) is 1.95. The Kier molecular flexibility index (Phi) is 2.04. The molecular weight excluding hydrogens is 152 g/mol. The smallest absolute Gasteiger partial charge is 0.0539 e. The van der Waals surface area contributed by atoms with E-state index in [4.69, 9.17) is 11.6 Å². The molecule has 0 aliphatic heterocycles. The van der Waals surface area contributed by atoms with Crippen molar-refractivity contribution >= 4 is 24.2 Å². The molecule has 0 aliphatic rings. The Balaban J connectivity index is 3.17. The SMILES string of the molecule is Cc1ccc(Cl)c(S)c1. The van der Waals surface area contributed by atoms with Gasteiger partial charge in [-0.15, -0.1) is 12.6 Å². The summed E-state index contributed by atoms with van der Waals surface area (Å²) in [7, 11) is 0. The number of rotatable bonds is 0. The lowest BCUT2D eigenvalue weighted by atomic mass is 10.2. The van der Waals surface area contributed by atoms with Gasteiger partial charge in [-0.1, -0.05) is 17.7 Å². The maximum absolute atomic E-state index is 5.70. The number of halogens is 1. The molecule has 1 aromatic rings. The molecule has 0 amide bonds. The summed E-state index contributed by atoms with van der Waals surface area (Å²) in [5, 5.41) is 0.712. The summed E-state index contributed by atoms with van der Waals surface area (Å²) in [6.45, 7) is 2.01. The van der Waals surface area contributed by atoms with Crippen molar-refractivity contribution in [3.63, 3.8) is 0 Å². The molecule has 0 bridgehead atoms. The third kappa shape index (κ3) is 1.63. The summed E-state index contributed by atoms with van der Waals surface area (Å²) in [6.07, 6.45) is 0.